The maximum atomic E-state index is 13.7. The predicted molar refractivity (Wildman–Crippen MR) is 62.4 cm³/mol. The molecule has 2 aromatic rings. The molecule has 0 fully saturated rings. The van der Waals surface area contributed by atoms with Gasteiger partial charge in [-0.2, -0.15) is 10.3 Å². The van der Waals surface area contributed by atoms with Gasteiger partial charge in [0.25, 0.3) is 0 Å². The number of H-pyrrole nitrogens is 1. The molecule has 1 aromatic carbocycles. The van der Waals surface area contributed by atoms with Crippen molar-refractivity contribution in [2.24, 2.45) is 0 Å². The van der Waals surface area contributed by atoms with Crippen LogP contribution in [0.15, 0.2) is 12.1 Å². The van der Waals surface area contributed by atoms with Gasteiger partial charge in [-0.25, -0.2) is 13.6 Å². The summed E-state index contributed by atoms with van der Waals surface area (Å²) in [5, 5.41) is 9.59. The summed E-state index contributed by atoms with van der Waals surface area (Å²) in [6.07, 6.45) is 0. The molecule has 2 rings (SSSR count). The Balaban J connectivity index is 2.51. The standard InChI is InChI=1S/C12H11F2N3O2/c1-3-19-12(18)11-10(15-17-16-11)7-4-6(2)8(13)5-9(7)14/h4-5H,3H2,1-2H3,(H,15,16,17). The lowest BCUT2D eigenvalue weighted by Crippen LogP contribution is -2.07. The molecule has 0 saturated heterocycles. The number of benzene rings is 1. The molecule has 1 aromatic heterocycles. The third-order valence-electron chi connectivity index (χ3n) is 2.52. The minimum Gasteiger partial charge on any atom is -0.461 e. The molecule has 0 aliphatic heterocycles. The first-order valence-electron chi connectivity index (χ1n) is 5.58. The van der Waals surface area contributed by atoms with Gasteiger partial charge >= 0.3 is 5.97 Å². The maximum Gasteiger partial charge on any atom is 0.361 e. The second-order valence-electron chi connectivity index (χ2n) is 3.82. The van der Waals surface area contributed by atoms with Crippen LogP contribution in [0.2, 0.25) is 0 Å². The SMILES string of the molecule is CCOC(=O)c1n[nH]nc1-c1cc(C)c(F)cc1F. The highest BCUT2D eigenvalue weighted by Crippen LogP contribution is 2.26. The predicted octanol–water partition coefficient (Wildman–Crippen LogP) is 2.24. The van der Waals surface area contributed by atoms with E-state index in [1.54, 1.807) is 6.92 Å². The van der Waals surface area contributed by atoms with Gasteiger partial charge in [0.05, 0.1) is 6.61 Å². The van der Waals surface area contributed by atoms with Gasteiger partial charge in [-0.1, -0.05) is 0 Å². The van der Waals surface area contributed by atoms with Crippen LogP contribution in [0, 0.1) is 18.6 Å². The van der Waals surface area contributed by atoms with E-state index >= 15 is 0 Å². The monoisotopic (exact) mass is 267 g/mol. The Morgan fingerprint density at radius 3 is 2.74 bits per heavy atom. The van der Waals surface area contributed by atoms with Crippen LogP contribution in [0.5, 0.6) is 0 Å². The largest absolute Gasteiger partial charge is 0.461 e. The third-order valence-corrected chi connectivity index (χ3v) is 2.52. The fourth-order valence-electron chi connectivity index (χ4n) is 1.60. The fraction of sp³-hybridized carbons (Fsp3) is 0.250. The van der Waals surface area contributed by atoms with Crippen molar-refractivity contribution in [2.75, 3.05) is 6.61 Å². The van der Waals surface area contributed by atoms with Gasteiger partial charge < -0.3 is 4.74 Å². The minimum atomic E-state index is -0.817. The van der Waals surface area contributed by atoms with Crippen molar-refractivity contribution < 1.29 is 18.3 Å². The number of halogens is 2. The van der Waals surface area contributed by atoms with Crippen molar-refractivity contribution in [1.82, 2.24) is 15.4 Å². The Kier molecular flexibility index (Phi) is 3.55. The first-order chi connectivity index (χ1) is 9.04. The van der Waals surface area contributed by atoms with Gasteiger partial charge in [0.2, 0.25) is 0 Å². The van der Waals surface area contributed by atoms with Crippen molar-refractivity contribution in [3.05, 3.63) is 35.0 Å². The highest BCUT2D eigenvalue weighted by Gasteiger charge is 2.22. The molecule has 7 heteroatoms. The summed E-state index contributed by atoms with van der Waals surface area (Å²) in [6.45, 7) is 3.29. The molecule has 0 aliphatic rings. The normalized spacial score (nSPS) is 10.5. The van der Waals surface area contributed by atoms with Crippen LogP contribution in [0.25, 0.3) is 11.3 Å². The van der Waals surface area contributed by atoms with Gasteiger partial charge in [-0.15, -0.1) is 5.10 Å². The molecular weight excluding hydrogens is 256 g/mol. The van der Waals surface area contributed by atoms with Crippen LogP contribution in [-0.4, -0.2) is 28.0 Å². The Morgan fingerprint density at radius 2 is 2.05 bits per heavy atom. The number of aromatic amines is 1. The summed E-state index contributed by atoms with van der Waals surface area (Å²) >= 11 is 0. The Morgan fingerprint density at radius 1 is 1.32 bits per heavy atom. The zero-order chi connectivity index (χ0) is 14.0. The van der Waals surface area contributed by atoms with E-state index < -0.39 is 17.6 Å². The number of ether oxygens (including phenoxy) is 1. The molecule has 0 saturated carbocycles. The molecule has 5 nitrogen and oxygen atoms in total. The topological polar surface area (TPSA) is 67.9 Å². The summed E-state index contributed by atoms with van der Waals surface area (Å²) in [6, 6.07) is 2.01. The van der Waals surface area contributed by atoms with Crippen LogP contribution in [0.1, 0.15) is 23.0 Å². The fourth-order valence-corrected chi connectivity index (χ4v) is 1.60. The highest BCUT2D eigenvalue weighted by molar-refractivity contribution is 5.94. The number of rotatable bonds is 3. The summed E-state index contributed by atoms with van der Waals surface area (Å²) < 4.78 is 31.7. The summed E-state index contributed by atoms with van der Waals surface area (Å²) in [5.41, 5.74) is 0.107. The number of nitrogens with one attached hydrogen (secondary N) is 1. The zero-order valence-electron chi connectivity index (χ0n) is 10.3. The van der Waals surface area contributed by atoms with E-state index in [2.05, 4.69) is 15.4 Å². The second kappa shape index (κ2) is 5.13. The van der Waals surface area contributed by atoms with Crippen LogP contribution in [0.4, 0.5) is 8.78 Å². The van der Waals surface area contributed by atoms with Crippen LogP contribution in [0.3, 0.4) is 0 Å². The van der Waals surface area contributed by atoms with E-state index in [1.165, 1.54) is 13.0 Å². The number of aromatic nitrogens is 3. The van der Waals surface area contributed by atoms with Gasteiger partial charge in [-0.05, 0) is 25.5 Å². The average molecular weight is 267 g/mol. The molecule has 0 bridgehead atoms. The Bertz CT molecular complexity index is 625. The van der Waals surface area contributed by atoms with Gasteiger partial charge in [0.1, 0.15) is 17.3 Å². The molecule has 0 aliphatic carbocycles. The molecule has 0 amide bonds. The average Bonchev–Trinajstić information content (AvgIpc) is 2.83. The molecular formula is C12H11F2N3O2. The Labute approximate surface area is 107 Å². The summed E-state index contributed by atoms with van der Waals surface area (Å²) in [4.78, 5) is 11.6. The molecule has 19 heavy (non-hydrogen) atoms. The van der Waals surface area contributed by atoms with E-state index in [1.807, 2.05) is 0 Å². The van der Waals surface area contributed by atoms with Crippen LogP contribution >= 0.6 is 0 Å². The smallest absolute Gasteiger partial charge is 0.361 e. The van der Waals surface area contributed by atoms with Crippen molar-refractivity contribution in [3.63, 3.8) is 0 Å². The number of aryl methyl sites for hydroxylation is 1. The number of hydrogen-bond donors (Lipinski definition) is 1. The van der Waals surface area contributed by atoms with E-state index in [4.69, 9.17) is 4.74 Å². The van der Waals surface area contributed by atoms with Crippen LogP contribution < -0.4 is 0 Å². The van der Waals surface area contributed by atoms with E-state index in [-0.39, 0.29) is 29.1 Å². The molecule has 0 radical (unpaired) electrons. The molecule has 100 valence electrons. The number of carbonyl (C=O) groups excluding carboxylic acids is 1. The van der Waals surface area contributed by atoms with Crippen molar-refractivity contribution in [1.29, 1.82) is 0 Å². The molecule has 1 N–H and O–H groups in total. The van der Waals surface area contributed by atoms with E-state index in [0.29, 0.717) is 0 Å². The molecule has 0 atom stereocenters. The number of esters is 1. The maximum absolute atomic E-state index is 13.7. The molecule has 0 spiro atoms. The van der Waals surface area contributed by atoms with E-state index in [0.717, 1.165) is 6.07 Å². The van der Waals surface area contributed by atoms with Gasteiger partial charge in [0, 0.05) is 11.6 Å². The number of hydrogen-bond acceptors (Lipinski definition) is 4. The van der Waals surface area contributed by atoms with E-state index in [9.17, 15) is 13.6 Å². The Hall–Kier alpha value is -2.31. The lowest BCUT2D eigenvalue weighted by molar-refractivity contribution is 0.0520. The first-order valence-corrected chi connectivity index (χ1v) is 5.58. The molecule has 0 unspecified atom stereocenters. The lowest BCUT2D eigenvalue weighted by Gasteiger charge is -2.04. The summed E-state index contributed by atoms with van der Waals surface area (Å²) in [7, 11) is 0. The van der Waals surface area contributed by atoms with Crippen molar-refractivity contribution in [2.45, 2.75) is 13.8 Å². The molecule has 1 heterocycles. The minimum absolute atomic E-state index is 0.000880. The number of nitrogens with zero attached hydrogens (tertiary/aromatic N) is 2. The van der Waals surface area contributed by atoms with Crippen molar-refractivity contribution in [3.8, 4) is 11.3 Å². The lowest BCUT2D eigenvalue weighted by atomic mass is 10.1. The first kappa shape index (κ1) is 13.1. The van der Waals surface area contributed by atoms with Crippen molar-refractivity contribution >= 4 is 5.97 Å². The number of carbonyl (C=O) groups is 1. The van der Waals surface area contributed by atoms with Gasteiger partial charge in [-0.3, -0.25) is 0 Å². The second-order valence-corrected chi connectivity index (χ2v) is 3.82. The van der Waals surface area contributed by atoms with Gasteiger partial charge in [0.15, 0.2) is 5.69 Å². The third kappa shape index (κ3) is 2.44. The zero-order valence-corrected chi connectivity index (χ0v) is 10.3. The van der Waals surface area contributed by atoms with Crippen LogP contribution in [-0.2, 0) is 4.74 Å². The highest BCUT2D eigenvalue weighted by atomic mass is 19.1. The quantitative estimate of drug-likeness (QED) is 0.866. The summed E-state index contributed by atoms with van der Waals surface area (Å²) in [5.74, 6) is -2.20.